The van der Waals surface area contributed by atoms with Crippen molar-refractivity contribution in [3.05, 3.63) is 59.5 Å². The maximum atomic E-state index is 13.5. The van der Waals surface area contributed by atoms with E-state index in [-0.39, 0.29) is 6.54 Å². The van der Waals surface area contributed by atoms with Crippen molar-refractivity contribution < 1.29 is 13.2 Å². The summed E-state index contributed by atoms with van der Waals surface area (Å²) in [6.07, 6.45) is 0. The first-order valence-corrected chi connectivity index (χ1v) is 6.17. The zero-order valence-corrected chi connectivity index (χ0v) is 10.8. The van der Waals surface area contributed by atoms with Gasteiger partial charge in [0.15, 0.2) is 11.5 Å². The standard InChI is InChI=1S/C15H12F2N2O/c1-9-19-14-7-12(4-5-15(14)20-9)18-8-10-2-3-11(16)6-13(10)17/h2-7,18H,8H2,1H3. The maximum absolute atomic E-state index is 13.5. The van der Waals surface area contributed by atoms with Crippen LogP contribution in [0.4, 0.5) is 14.5 Å². The summed E-state index contributed by atoms with van der Waals surface area (Å²) in [6.45, 7) is 2.05. The molecule has 0 aliphatic rings. The van der Waals surface area contributed by atoms with Crippen LogP contribution in [-0.2, 0) is 6.54 Å². The van der Waals surface area contributed by atoms with E-state index >= 15 is 0 Å². The lowest BCUT2D eigenvalue weighted by atomic mass is 10.2. The van der Waals surface area contributed by atoms with Crippen LogP contribution in [0.25, 0.3) is 11.1 Å². The van der Waals surface area contributed by atoms with Crippen LogP contribution in [0.5, 0.6) is 0 Å². The van der Waals surface area contributed by atoms with Crippen molar-refractivity contribution in [3.63, 3.8) is 0 Å². The second kappa shape index (κ2) is 4.92. The fourth-order valence-electron chi connectivity index (χ4n) is 2.01. The van der Waals surface area contributed by atoms with Gasteiger partial charge >= 0.3 is 0 Å². The van der Waals surface area contributed by atoms with E-state index in [2.05, 4.69) is 10.3 Å². The van der Waals surface area contributed by atoms with E-state index in [0.717, 1.165) is 17.3 Å². The van der Waals surface area contributed by atoms with E-state index in [1.165, 1.54) is 12.1 Å². The van der Waals surface area contributed by atoms with Gasteiger partial charge in [-0.2, -0.15) is 0 Å². The molecule has 0 spiro atoms. The van der Waals surface area contributed by atoms with Crippen LogP contribution >= 0.6 is 0 Å². The molecule has 0 atom stereocenters. The molecule has 0 aliphatic carbocycles. The van der Waals surface area contributed by atoms with Gasteiger partial charge in [-0.15, -0.1) is 0 Å². The highest BCUT2D eigenvalue weighted by molar-refractivity contribution is 5.77. The van der Waals surface area contributed by atoms with Gasteiger partial charge in [0, 0.05) is 30.8 Å². The van der Waals surface area contributed by atoms with E-state index in [1.807, 2.05) is 12.1 Å². The van der Waals surface area contributed by atoms with E-state index in [1.54, 1.807) is 13.0 Å². The van der Waals surface area contributed by atoms with Crippen LogP contribution in [-0.4, -0.2) is 4.98 Å². The fraction of sp³-hybridized carbons (Fsp3) is 0.133. The molecule has 3 nitrogen and oxygen atoms in total. The monoisotopic (exact) mass is 274 g/mol. The number of benzene rings is 2. The Hall–Kier alpha value is -2.43. The van der Waals surface area contributed by atoms with Crippen molar-refractivity contribution in [1.82, 2.24) is 4.98 Å². The highest BCUT2D eigenvalue weighted by Gasteiger charge is 2.05. The predicted octanol–water partition coefficient (Wildman–Crippen LogP) is 4.03. The minimum Gasteiger partial charge on any atom is -0.441 e. The van der Waals surface area contributed by atoms with Crippen LogP contribution in [0.3, 0.4) is 0 Å². The molecular formula is C15H12F2N2O. The average molecular weight is 274 g/mol. The average Bonchev–Trinajstić information content (AvgIpc) is 2.77. The number of anilines is 1. The zero-order valence-electron chi connectivity index (χ0n) is 10.8. The number of aromatic nitrogens is 1. The highest BCUT2D eigenvalue weighted by Crippen LogP contribution is 2.20. The van der Waals surface area contributed by atoms with Crippen LogP contribution in [0.2, 0.25) is 0 Å². The molecule has 0 bridgehead atoms. The molecular weight excluding hydrogens is 262 g/mol. The second-order valence-electron chi connectivity index (χ2n) is 4.50. The molecule has 1 heterocycles. The van der Waals surface area contributed by atoms with Crippen molar-refractivity contribution in [3.8, 4) is 0 Å². The van der Waals surface area contributed by atoms with E-state index in [9.17, 15) is 8.78 Å². The normalized spacial score (nSPS) is 10.9. The number of fused-ring (bicyclic) bond motifs is 1. The minimum absolute atomic E-state index is 0.272. The largest absolute Gasteiger partial charge is 0.441 e. The number of nitrogens with zero attached hydrogens (tertiary/aromatic N) is 1. The molecule has 1 aromatic heterocycles. The second-order valence-corrected chi connectivity index (χ2v) is 4.50. The third-order valence-corrected chi connectivity index (χ3v) is 2.99. The molecule has 0 aliphatic heterocycles. The van der Waals surface area contributed by atoms with Crippen molar-refractivity contribution in [2.24, 2.45) is 0 Å². The molecule has 0 fully saturated rings. The first kappa shape index (κ1) is 12.6. The van der Waals surface area contributed by atoms with Gasteiger partial charge in [-0.25, -0.2) is 13.8 Å². The van der Waals surface area contributed by atoms with Crippen LogP contribution in [0.15, 0.2) is 40.8 Å². The molecule has 3 rings (SSSR count). The van der Waals surface area contributed by atoms with E-state index in [4.69, 9.17) is 4.42 Å². The smallest absolute Gasteiger partial charge is 0.192 e. The first-order valence-electron chi connectivity index (χ1n) is 6.17. The number of hydrogen-bond donors (Lipinski definition) is 1. The lowest BCUT2D eigenvalue weighted by Gasteiger charge is -2.07. The molecule has 3 aromatic rings. The molecule has 0 amide bonds. The Balaban J connectivity index is 1.79. The Morgan fingerprint density at radius 3 is 2.80 bits per heavy atom. The Labute approximate surface area is 114 Å². The van der Waals surface area contributed by atoms with Crippen molar-refractivity contribution in [1.29, 1.82) is 0 Å². The van der Waals surface area contributed by atoms with Crippen molar-refractivity contribution >= 4 is 16.8 Å². The number of nitrogens with one attached hydrogen (secondary N) is 1. The number of rotatable bonds is 3. The Kier molecular flexibility index (Phi) is 3.10. The molecule has 20 heavy (non-hydrogen) atoms. The lowest BCUT2D eigenvalue weighted by molar-refractivity contribution is 0.561. The van der Waals surface area contributed by atoms with Crippen molar-refractivity contribution in [2.45, 2.75) is 13.5 Å². The van der Waals surface area contributed by atoms with Gasteiger partial charge in [0.05, 0.1) is 0 Å². The Bertz CT molecular complexity index is 768. The summed E-state index contributed by atoms with van der Waals surface area (Å²) in [7, 11) is 0. The molecule has 5 heteroatoms. The predicted molar refractivity (Wildman–Crippen MR) is 72.4 cm³/mol. The molecule has 0 radical (unpaired) electrons. The molecule has 102 valence electrons. The molecule has 0 saturated heterocycles. The Morgan fingerprint density at radius 1 is 1.15 bits per heavy atom. The minimum atomic E-state index is -0.578. The summed E-state index contributed by atoms with van der Waals surface area (Å²) in [6, 6.07) is 9.00. The summed E-state index contributed by atoms with van der Waals surface area (Å²) in [4.78, 5) is 4.23. The molecule has 0 unspecified atom stereocenters. The van der Waals surface area contributed by atoms with Gasteiger partial charge in [-0.05, 0) is 24.3 Å². The zero-order chi connectivity index (χ0) is 14.1. The van der Waals surface area contributed by atoms with Crippen molar-refractivity contribution in [2.75, 3.05) is 5.32 Å². The highest BCUT2D eigenvalue weighted by atomic mass is 19.1. The van der Waals surface area contributed by atoms with Crippen LogP contribution in [0, 0.1) is 18.6 Å². The number of hydrogen-bond acceptors (Lipinski definition) is 3. The van der Waals surface area contributed by atoms with Gasteiger partial charge < -0.3 is 9.73 Å². The molecule has 0 saturated carbocycles. The van der Waals surface area contributed by atoms with Gasteiger partial charge in [0.25, 0.3) is 0 Å². The summed E-state index contributed by atoms with van der Waals surface area (Å²) in [5.74, 6) is -0.539. The van der Waals surface area contributed by atoms with Crippen LogP contribution in [0.1, 0.15) is 11.5 Å². The van der Waals surface area contributed by atoms with E-state index in [0.29, 0.717) is 17.0 Å². The lowest BCUT2D eigenvalue weighted by Crippen LogP contribution is -2.02. The third-order valence-electron chi connectivity index (χ3n) is 2.99. The van der Waals surface area contributed by atoms with Gasteiger partial charge in [0.1, 0.15) is 17.2 Å². The maximum Gasteiger partial charge on any atom is 0.192 e. The van der Waals surface area contributed by atoms with E-state index < -0.39 is 11.6 Å². The van der Waals surface area contributed by atoms with Gasteiger partial charge in [-0.3, -0.25) is 0 Å². The number of oxazole rings is 1. The summed E-state index contributed by atoms with van der Waals surface area (Å²) < 4.78 is 31.7. The molecule has 1 N–H and O–H groups in total. The summed E-state index contributed by atoms with van der Waals surface area (Å²) >= 11 is 0. The fourth-order valence-corrected chi connectivity index (χ4v) is 2.01. The SMILES string of the molecule is Cc1nc2cc(NCc3ccc(F)cc3F)ccc2o1. The summed E-state index contributed by atoms with van der Waals surface area (Å²) in [5.41, 5.74) is 2.66. The van der Waals surface area contributed by atoms with Gasteiger partial charge in [-0.1, -0.05) is 6.07 Å². The van der Waals surface area contributed by atoms with Gasteiger partial charge in [0.2, 0.25) is 0 Å². The quantitative estimate of drug-likeness (QED) is 0.783. The topological polar surface area (TPSA) is 38.1 Å². The first-order chi connectivity index (χ1) is 9.61. The third kappa shape index (κ3) is 2.47. The number of halogens is 2. The van der Waals surface area contributed by atoms with Crippen LogP contribution < -0.4 is 5.32 Å². The Morgan fingerprint density at radius 2 is 2.00 bits per heavy atom. The summed E-state index contributed by atoms with van der Waals surface area (Å²) in [5, 5.41) is 3.08. The molecule has 2 aromatic carbocycles. The number of aryl methyl sites for hydroxylation is 1.